The van der Waals surface area contributed by atoms with Gasteiger partial charge in [-0.25, -0.2) is 5.90 Å². The molecule has 0 aliphatic carbocycles. The molecule has 0 heterocycles. The summed E-state index contributed by atoms with van der Waals surface area (Å²) >= 11 is 0. The largest absolute Gasteiger partial charge is 0.439 e. The van der Waals surface area contributed by atoms with Crippen molar-refractivity contribution < 1.29 is 19.1 Å². The number of rotatable bonds is 8. The van der Waals surface area contributed by atoms with Crippen molar-refractivity contribution in [2.75, 3.05) is 24.5 Å². The lowest BCUT2D eigenvalue weighted by Crippen LogP contribution is -2.16. The Labute approximate surface area is 140 Å². The third-order valence-electron chi connectivity index (χ3n) is 3.25. The van der Waals surface area contributed by atoms with E-state index < -0.39 is 12.3 Å². The van der Waals surface area contributed by atoms with Crippen LogP contribution < -0.4 is 16.5 Å². The quantitative estimate of drug-likeness (QED) is 0.389. The van der Waals surface area contributed by atoms with Gasteiger partial charge < -0.3 is 20.1 Å². The zero-order valence-corrected chi connectivity index (χ0v) is 13.6. The molecular weight excluding hydrogens is 310 g/mol. The van der Waals surface area contributed by atoms with Gasteiger partial charge in [-0.15, -0.1) is 0 Å². The van der Waals surface area contributed by atoms with Gasteiger partial charge in [0.1, 0.15) is 0 Å². The van der Waals surface area contributed by atoms with Crippen LogP contribution in [0, 0.1) is 0 Å². The molecule has 128 valence electrons. The minimum Gasteiger partial charge on any atom is -0.439 e. The molecule has 0 saturated heterocycles. The SMILES string of the molecule is CNc1ccc(Nc2ccc(C(ON)OCOC(C)=O)cc2)cc1. The fourth-order valence-electron chi connectivity index (χ4n) is 2.00. The van der Waals surface area contributed by atoms with Crippen molar-refractivity contribution in [3.05, 3.63) is 54.1 Å². The van der Waals surface area contributed by atoms with Gasteiger partial charge in [-0.3, -0.25) is 9.63 Å². The molecule has 7 heteroatoms. The molecule has 0 amide bonds. The zero-order valence-electron chi connectivity index (χ0n) is 13.6. The summed E-state index contributed by atoms with van der Waals surface area (Å²) in [6, 6.07) is 15.3. The van der Waals surface area contributed by atoms with Gasteiger partial charge in [-0.1, -0.05) is 12.1 Å². The number of hydrogen-bond acceptors (Lipinski definition) is 7. The van der Waals surface area contributed by atoms with Crippen molar-refractivity contribution in [3.63, 3.8) is 0 Å². The molecule has 2 aromatic rings. The summed E-state index contributed by atoms with van der Waals surface area (Å²) in [4.78, 5) is 15.5. The number of nitrogens with one attached hydrogen (secondary N) is 2. The molecule has 1 unspecified atom stereocenters. The molecule has 0 aromatic heterocycles. The van der Waals surface area contributed by atoms with Gasteiger partial charge in [0.05, 0.1) is 0 Å². The van der Waals surface area contributed by atoms with Gasteiger partial charge >= 0.3 is 5.97 Å². The summed E-state index contributed by atoms with van der Waals surface area (Å²) in [5.74, 6) is 4.79. The standard InChI is InChI=1S/C17H21N3O4/c1-12(21)22-11-23-17(24-18)13-3-5-15(6-4-13)20-16-9-7-14(19-2)8-10-16/h3-10,17,19-20H,11,18H2,1-2H3. The minimum atomic E-state index is -0.812. The Morgan fingerprint density at radius 1 is 1.04 bits per heavy atom. The van der Waals surface area contributed by atoms with E-state index in [1.54, 1.807) is 0 Å². The number of carbonyl (C=O) groups is 1. The number of nitrogens with two attached hydrogens (primary N) is 1. The van der Waals surface area contributed by atoms with Crippen LogP contribution in [0.25, 0.3) is 0 Å². The third kappa shape index (κ3) is 5.24. The first-order chi connectivity index (χ1) is 11.6. The van der Waals surface area contributed by atoms with Gasteiger partial charge in [0.2, 0.25) is 6.29 Å². The molecule has 2 rings (SSSR count). The fraction of sp³-hybridized carbons (Fsp3) is 0.235. The van der Waals surface area contributed by atoms with Gasteiger partial charge in [-0.05, 0) is 36.4 Å². The highest BCUT2D eigenvalue weighted by atomic mass is 16.8. The normalized spacial score (nSPS) is 11.6. The first-order valence-corrected chi connectivity index (χ1v) is 7.37. The number of hydrogen-bond donors (Lipinski definition) is 3. The minimum absolute atomic E-state index is 0.227. The maximum atomic E-state index is 10.7. The Morgan fingerprint density at radius 3 is 2.08 bits per heavy atom. The molecule has 0 bridgehead atoms. The number of benzene rings is 2. The van der Waals surface area contributed by atoms with Crippen molar-refractivity contribution in [1.29, 1.82) is 0 Å². The lowest BCUT2D eigenvalue weighted by molar-refractivity contribution is -0.204. The lowest BCUT2D eigenvalue weighted by atomic mass is 10.2. The number of carbonyl (C=O) groups excluding carboxylic acids is 1. The number of anilines is 3. The van der Waals surface area contributed by atoms with Crippen LogP contribution in [0.1, 0.15) is 18.8 Å². The van der Waals surface area contributed by atoms with Crippen molar-refractivity contribution in [3.8, 4) is 0 Å². The summed E-state index contributed by atoms with van der Waals surface area (Å²) in [5.41, 5.74) is 3.63. The Balaban J connectivity index is 1.96. The highest BCUT2D eigenvalue weighted by Crippen LogP contribution is 2.22. The van der Waals surface area contributed by atoms with Crippen molar-refractivity contribution in [2.45, 2.75) is 13.2 Å². The average molecular weight is 331 g/mol. The average Bonchev–Trinajstić information content (AvgIpc) is 2.60. The van der Waals surface area contributed by atoms with E-state index in [0.717, 1.165) is 17.1 Å². The molecule has 0 saturated carbocycles. The van der Waals surface area contributed by atoms with E-state index in [1.807, 2.05) is 55.6 Å². The third-order valence-corrected chi connectivity index (χ3v) is 3.25. The first kappa shape index (κ1) is 17.7. The van der Waals surface area contributed by atoms with Crippen LogP contribution >= 0.6 is 0 Å². The van der Waals surface area contributed by atoms with Crippen LogP contribution in [0.15, 0.2) is 48.5 Å². The zero-order chi connectivity index (χ0) is 17.4. The highest BCUT2D eigenvalue weighted by Gasteiger charge is 2.12. The molecule has 24 heavy (non-hydrogen) atoms. The predicted octanol–water partition coefficient (Wildman–Crippen LogP) is 2.90. The summed E-state index contributed by atoms with van der Waals surface area (Å²) in [6.07, 6.45) is -0.812. The van der Waals surface area contributed by atoms with E-state index in [2.05, 4.69) is 10.6 Å². The summed E-state index contributed by atoms with van der Waals surface area (Å²) in [6.45, 7) is 1.07. The van der Waals surface area contributed by atoms with E-state index in [9.17, 15) is 4.79 Å². The van der Waals surface area contributed by atoms with Crippen LogP contribution in [-0.4, -0.2) is 19.8 Å². The maximum absolute atomic E-state index is 10.7. The Morgan fingerprint density at radius 2 is 1.58 bits per heavy atom. The van der Waals surface area contributed by atoms with Crippen LogP contribution in [-0.2, 0) is 19.1 Å². The van der Waals surface area contributed by atoms with Crippen molar-refractivity contribution in [1.82, 2.24) is 0 Å². The predicted molar refractivity (Wildman–Crippen MR) is 91.4 cm³/mol. The molecule has 0 radical (unpaired) electrons. The Bertz CT molecular complexity index is 644. The second kappa shape index (κ2) is 8.88. The van der Waals surface area contributed by atoms with Gasteiger partial charge in [0.15, 0.2) is 6.79 Å². The van der Waals surface area contributed by atoms with Gasteiger partial charge in [0.25, 0.3) is 0 Å². The smallest absolute Gasteiger partial charge is 0.304 e. The molecule has 0 aliphatic rings. The Hall–Kier alpha value is -2.61. The molecule has 0 aliphatic heterocycles. The van der Waals surface area contributed by atoms with E-state index in [-0.39, 0.29) is 6.79 Å². The maximum Gasteiger partial charge on any atom is 0.304 e. The van der Waals surface area contributed by atoms with Crippen LogP contribution in [0.4, 0.5) is 17.1 Å². The molecule has 0 spiro atoms. The van der Waals surface area contributed by atoms with Gasteiger partial charge in [0, 0.05) is 36.6 Å². The first-order valence-electron chi connectivity index (χ1n) is 7.37. The monoisotopic (exact) mass is 331 g/mol. The van der Waals surface area contributed by atoms with Crippen LogP contribution in [0.3, 0.4) is 0 Å². The second-order valence-corrected chi connectivity index (χ2v) is 4.96. The fourth-order valence-corrected chi connectivity index (χ4v) is 2.00. The summed E-state index contributed by atoms with van der Waals surface area (Å²) in [7, 11) is 1.88. The molecule has 1 atom stereocenters. The lowest BCUT2D eigenvalue weighted by Gasteiger charge is -2.16. The van der Waals surface area contributed by atoms with Crippen LogP contribution in [0.5, 0.6) is 0 Å². The van der Waals surface area contributed by atoms with E-state index >= 15 is 0 Å². The number of ether oxygens (including phenoxy) is 2. The summed E-state index contributed by atoms with van der Waals surface area (Å²) in [5, 5.41) is 6.36. The molecule has 0 fully saturated rings. The van der Waals surface area contributed by atoms with Gasteiger partial charge in [-0.2, -0.15) is 0 Å². The molecule has 2 aromatic carbocycles. The Kier molecular flexibility index (Phi) is 6.56. The molecular formula is C17H21N3O4. The molecule has 4 N–H and O–H groups in total. The van der Waals surface area contributed by atoms with E-state index in [0.29, 0.717) is 5.56 Å². The van der Waals surface area contributed by atoms with E-state index in [4.69, 9.17) is 20.2 Å². The van der Waals surface area contributed by atoms with Crippen LogP contribution in [0.2, 0.25) is 0 Å². The van der Waals surface area contributed by atoms with Crippen molar-refractivity contribution >= 4 is 23.0 Å². The topological polar surface area (TPSA) is 94.8 Å². The summed E-state index contributed by atoms with van der Waals surface area (Å²) < 4.78 is 9.96. The van der Waals surface area contributed by atoms with E-state index in [1.165, 1.54) is 6.92 Å². The second-order valence-electron chi connectivity index (χ2n) is 4.96. The number of esters is 1. The van der Waals surface area contributed by atoms with Crippen molar-refractivity contribution in [2.24, 2.45) is 5.90 Å². The molecule has 7 nitrogen and oxygen atoms in total. The highest BCUT2D eigenvalue weighted by molar-refractivity contribution is 5.65.